The highest BCUT2D eigenvalue weighted by molar-refractivity contribution is 7.71. The fraction of sp³-hybridized carbons (Fsp3) is 0.364. The number of fused-ring (bicyclic) bond motifs is 1. The van der Waals surface area contributed by atoms with E-state index in [4.69, 9.17) is 12.2 Å². The number of aromatic amines is 1. The number of imidazole rings is 1. The van der Waals surface area contributed by atoms with Gasteiger partial charge in [0.2, 0.25) is 5.91 Å². The molecule has 0 saturated carbocycles. The molecule has 1 aliphatic heterocycles. The molecular weight excluding hydrogens is 468 g/mol. The molecule has 0 spiro atoms. The van der Waals surface area contributed by atoms with Crippen LogP contribution in [0.15, 0.2) is 42.5 Å². The van der Waals surface area contributed by atoms with Gasteiger partial charge in [0.25, 0.3) is 0 Å². The summed E-state index contributed by atoms with van der Waals surface area (Å²) in [7, 11) is 0. The lowest BCUT2D eigenvalue weighted by Crippen LogP contribution is -2.40. The van der Waals surface area contributed by atoms with E-state index < -0.39 is 23.5 Å². The summed E-state index contributed by atoms with van der Waals surface area (Å²) in [6, 6.07) is 7.99. The Bertz CT molecular complexity index is 1220. The van der Waals surface area contributed by atoms with Gasteiger partial charge in [-0.25, -0.2) is 0 Å². The van der Waals surface area contributed by atoms with E-state index in [-0.39, 0.29) is 28.7 Å². The van der Waals surface area contributed by atoms with Crippen LogP contribution in [-0.4, -0.2) is 33.4 Å². The Kier molecular flexibility index (Phi) is 6.02. The number of carbonyl (C=O) groups excluding carboxylic acids is 1. The number of likely N-dealkylation sites (tertiary alicyclic amines) is 1. The minimum atomic E-state index is -4.54. The number of benzene rings is 2. The molecule has 2 aromatic carbocycles. The van der Waals surface area contributed by atoms with Crippen molar-refractivity contribution in [2.24, 2.45) is 0 Å². The minimum absolute atomic E-state index is 0.00420. The van der Waals surface area contributed by atoms with Gasteiger partial charge in [-0.05, 0) is 54.9 Å². The summed E-state index contributed by atoms with van der Waals surface area (Å²) in [5.41, 5.74) is -0.787. The van der Waals surface area contributed by atoms with Gasteiger partial charge in [0.05, 0.1) is 28.6 Å². The molecule has 1 aliphatic rings. The second-order valence-corrected chi connectivity index (χ2v) is 8.37. The van der Waals surface area contributed by atoms with Crippen molar-refractivity contribution in [1.82, 2.24) is 14.5 Å². The summed E-state index contributed by atoms with van der Waals surface area (Å²) in [6.07, 6.45) is -8.21. The maximum Gasteiger partial charge on any atom is 0.418 e. The molecule has 2 heterocycles. The first kappa shape index (κ1) is 23.3. The van der Waals surface area contributed by atoms with Crippen LogP contribution in [0.5, 0.6) is 0 Å². The lowest BCUT2D eigenvalue weighted by atomic mass is 10.0. The number of hydrogen-bond donors (Lipinski definition) is 1. The highest BCUT2D eigenvalue weighted by Crippen LogP contribution is 2.37. The van der Waals surface area contributed by atoms with Gasteiger partial charge in [0, 0.05) is 19.1 Å². The van der Waals surface area contributed by atoms with Gasteiger partial charge in [-0.2, -0.15) is 26.3 Å². The smallest absolute Gasteiger partial charge is 0.342 e. The van der Waals surface area contributed by atoms with Crippen molar-refractivity contribution < 1.29 is 31.1 Å². The number of para-hydroxylation sites is 1. The number of carbonyl (C=O) groups is 1. The summed E-state index contributed by atoms with van der Waals surface area (Å²) in [5, 5.41) is 0. The first-order chi connectivity index (χ1) is 15.4. The molecule has 3 aromatic rings. The third kappa shape index (κ3) is 4.78. The van der Waals surface area contributed by atoms with E-state index in [0.29, 0.717) is 37.0 Å². The van der Waals surface area contributed by atoms with Crippen molar-refractivity contribution in [3.05, 3.63) is 63.9 Å². The van der Waals surface area contributed by atoms with Crippen LogP contribution >= 0.6 is 12.2 Å². The lowest BCUT2D eigenvalue weighted by molar-refractivity contribution is -0.138. The molecule has 4 nitrogen and oxygen atoms in total. The first-order valence-corrected chi connectivity index (χ1v) is 10.6. The van der Waals surface area contributed by atoms with Crippen LogP contribution in [-0.2, 0) is 23.6 Å². The van der Waals surface area contributed by atoms with Crippen molar-refractivity contribution >= 4 is 29.2 Å². The fourth-order valence-corrected chi connectivity index (χ4v) is 4.58. The third-order valence-corrected chi connectivity index (χ3v) is 6.16. The van der Waals surface area contributed by atoms with Crippen molar-refractivity contribution in [2.75, 3.05) is 13.1 Å². The van der Waals surface area contributed by atoms with Gasteiger partial charge in [0.15, 0.2) is 4.77 Å². The zero-order valence-electron chi connectivity index (χ0n) is 17.1. The van der Waals surface area contributed by atoms with Crippen molar-refractivity contribution in [2.45, 2.75) is 37.7 Å². The number of piperidine rings is 1. The molecule has 4 rings (SSSR count). The molecule has 0 bridgehead atoms. The molecule has 1 N–H and O–H groups in total. The Hall–Kier alpha value is -2.82. The van der Waals surface area contributed by atoms with Gasteiger partial charge >= 0.3 is 12.4 Å². The Morgan fingerprint density at radius 2 is 1.61 bits per heavy atom. The summed E-state index contributed by atoms with van der Waals surface area (Å²) in [4.78, 5) is 17.0. The molecule has 176 valence electrons. The predicted octanol–water partition coefficient (Wildman–Crippen LogP) is 6.14. The monoisotopic (exact) mass is 487 g/mol. The molecule has 0 aliphatic carbocycles. The predicted molar refractivity (Wildman–Crippen MR) is 112 cm³/mol. The van der Waals surface area contributed by atoms with E-state index >= 15 is 0 Å². The van der Waals surface area contributed by atoms with Crippen LogP contribution in [0, 0.1) is 4.77 Å². The molecule has 1 amide bonds. The molecule has 0 unspecified atom stereocenters. The Morgan fingerprint density at radius 1 is 0.970 bits per heavy atom. The summed E-state index contributed by atoms with van der Waals surface area (Å²) in [6.45, 7) is 0.625. The van der Waals surface area contributed by atoms with Gasteiger partial charge in [0.1, 0.15) is 0 Å². The number of alkyl halides is 6. The average molecular weight is 487 g/mol. The van der Waals surface area contributed by atoms with Crippen LogP contribution in [0.3, 0.4) is 0 Å². The van der Waals surface area contributed by atoms with E-state index in [0.717, 1.165) is 18.2 Å². The number of nitrogens with zero attached hydrogens (tertiary/aromatic N) is 2. The van der Waals surface area contributed by atoms with Crippen LogP contribution in [0.1, 0.15) is 35.6 Å². The minimum Gasteiger partial charge on any atom is -0.342 e. The van der Waals surface area contributed by atoms with Gasteiger partial charge in [-0.3, -0.25) is 4.79 Å². The number of aromatic nitrogens is 2. The van der Waals surface area contributed by atoms with Crippen LogP contribution in [0.25, 0.3) is 11.0 Å². The number of H-pyrrole nitrogens is 1. The lowest BCUT2D eigenvalue weighted by Gasteiger charge is -2.33. The average Bonchev–Trinajstić information content (AvgIpc) is 3.08. The van der Waals surface area contributed by atoms with Crippen molar-refractivity contribution in [3.8, 4) is 0 Å². The van der Waals surface area contributed by atoms with E-state index in [1.54, 1.807) is 11.0 Å². The largest absolute Gasteiger partial charge is 0.418 e. The molecule has 1 saturated heterocycles. The number of halogens is 6. The quantitative estimate of drug-likeness (QED) is 0.356. The van der Waals surface area contributed by atoms with Crippen molar-refractivity contribution in [3.63, 3.8) is 0 Å². The summed E-state index contributed by atoms with van der Waals surface area (Å²) >= 11 is 5.30. The van der Waals surface area contributed by atoms with E-state index in [1.807, 2.05) is 0 Å². The number of nitrogens with one attached hydrogen (secondary N) is 1. The van der Waals surface area contributed by atoms with E-state index in [2.05, 4.69) is 4.98 Å². The molecule has 0 radical (unpaired) electrons. The van der Waals surface area contributed by atoms with Crippen LogP contribution in [0.2, 0.25) is 0 Å². The summed E-state index contributed by atoms with van der Waals surface area (Å²) in [5.74, 6) is -0.244. The van der Waals surface area contributed by atoms with E-state index in [1.165, 1.54) is 22.8 Å². The number of hydrogen-bond acceptors (Lipinski definition) is 2. The van der Waals surface area contributed by atoms with Crippen LogP contribution < -0.4 is 0 Å². The zero-order valence-corrected chi connectivity index (χ0v) is 17.9. The van der Waals surface area contributed by atoms with Gasteiger partial charge in [-0.1, -0.05) is 18.2 Å². The normalized spacial score (nSPS) is 15.9. The second kappa shape index (κ2) is 8.51. The highest BCUT2D eigenvalue weighted by Gasteiger charge is 2.36. The molecule has 11 heteroatoms. The van der Waals surface area contributed by atoms with E-state index in [9.17, 15) is 31.1 Å². The van der Waals surface area contributed by atoms with Crippen LogP contribution in [0.4, 0.5) is 26.3 Å². The second-order valence-electron chi connectivity index (χ2n) is 7.98. The molecular formula is C22H19F6N3OS. The SMILES string of the molecule is O=C(Cc1ccc(C(F)(F)F)cc1)N1CCC(n2c(=S)[nH]c3cccc(C(F)(F)F)c32)CC1. The number of rotatable bonds is 3. The molecule has 0 atom stereocenters. The molecule has 33 heavy (non-hydrogen) atoms. The third-order valence-electron chi connectivity index (χ3n) is 5.86. The van der Waals surface area contributed by atoms with Crippen molar-refractivity contribution in [1.29, 1.82) is 0 Å². The fourth-order valence-electron chi connectivity index (χ4n) is 4.23. The maximum atomic E-state index is 13.6. The summed E-state index contributed by atoms with van der Waals surface area (Å²) < 4.78 is 80.5. The maximum absolute atomic E-state index is 13.6. The Morgan fingerprint density at radius 3 is 2.18 bits per heavy atom. The Labute approximate surface area is 189 Å². The standard InChI is InChI=1S/C22H19F6N3OS/c23-21(24,25)14-6-4-13(5-7-14)12-18(32)30-10-8-15(9-11-30)31-19-16(22(26,27)28)2-1-3-17(19)29-20(31)33/h1-7,15H,8-12H2,(H,29,33). The zero-order chi connectivity index (χ0) is 24.0. The highest BCUT2D eigenvalue weighted by atomic mass is 32.1. The molecule has 1 aromatic heterocycles. The van der Waals surface area contributed by atoms with Gasteiger partial charge in [-0.15, -0.1) is 0 Å². The Balaban J connectivity index is 1.47. The topological polar surface area (TPSA) is 41.0 Å². The molecule has 1 fully saturated rings. The first-order valence-electron chi connectivity index (χ1n) is 10.2. The number of amides is 1. The van der Waals surface area contributed by atoms with Gasteiger partial charge < -0.3 is 14.5 Å².